The van der Waals surface area contributed by atoms with Gasteiger partial charge in [0.15, 0.2) is 0 Å². The largest absolute Gasteiger partial charge is 0.497 e. The molecule has 3 aromatic rings. The van der Waals surface area contributed by atoms with Crippen molar-refractivity contribution in [3.63, 3.8) is 0 Å². The lowest BCUT2D eigenvalue weighted by molar-refractivity contribution is 0.291. The topological polar surface area (TPSA) is 85.5 Å². The number of nitrogens with zero attached hydrogens (tertiary/aromatic N) is 3. The lowest BCUT2D eigenvalue weighted by Gasteiger charge is -2.29. The van der Waals surface area contributed by atoms with Gasteiger partial charge in [0.1, 0.15) is 5.75 Å². The third kappa shape index (κ3) is 3.65. The van der Waals surface area contributed by atoms with Crippen molar-refractivity contribution in [2.24, 2.45) is 0 Å². The van der Waals surface area contributed by atoms with Crippen molar-refractivity contribution in [2.45, 2.75) is 23.7 Å². The van der Waals surface area contributed by atoms with Crippen molar-refractivity contribution in [2.75, 3.05) is 20.2 Å². The third-order valence-corrected chi connectivity index (χ3v) is 6.87. The van der Waals surface area contributed by atoms with E-state index in [-0.39, 0.29) is 5.92 Å². The van der Waals surface area contributed by atoms with Crippen LogP contribution in [-0.4, -0.2) is 43.1 Å². The number of hydrogen-bond acceptors (Lipinski definition) is 6. The first kappa shape index (κ1) is 18.6. The molecule has 0 spiro atoms. The van der Waals surface area contributed by atoms with E-state index >= 15 is 0 Å². The van der Waals surface area contributed by atoms with Crippen LogP contribution in [0.25, 0.3) is 11.5 Å². The van der Waals surface area contributed by atoms with E-state index in [0.29, 0.717) is 42.6 Å². The molecule has 1 aromatic heterocycles. The molecule has 0 bridgehead atoms. The fourth-order valence-corrected chi connectivity index (χ4v) is 4.83. The number of methoxy groups -OCH3 is 1. The summed E-state index contributed by atoms with van der Waals surface area (Å²) in [4.78, 5) is 0.327. The maximum Gasteiger partial charge on any atom is 0.247 e. The number of rotatable bonds is 5. The van der Waals surface area contributed by atoms with Crippen LogP contribution >= 0.6 is 0 Å². The predicted molar refractivity (Wildman–Crippen MR) is 103 cm³/mol. The molecule has 2 heterocycles. The molecule has 0 saturated carbocycles. The fourth-order valence-electron chi connectivity index (χ4n) is 3.33. The van der Waals surface area contributed by atoms with Gasteiger partial charge in [0.25, 0.3) is 0 Å². The van der Waals surface area contributed by atoms with Gasteiger partial charge in [-0.25, -0.2) is 8.42 Å². The summed E-state index contributed by atoms with van der Waals surface area (Å²) >= 11 is 0. The van der Waals surface area contributed by atoms with Crippen molar-refractivity contribution in [1.29, 1.82) is 0 Å². The van der Waals surface area contributed by atoms with E-state index in [2.05, 4.69) is 10.2 Å². The van der Waals surface area contributed by atoms with Gasteiger partial charge in [-0.2, -0.15) is 4.31 Å². The molecular weight excluding hydrogens is 378 g/mol. The highest BCUT2D eigenvalue weighted by Gasteiger charge is 2.32. The molecule has 0 amide bonds. The Morgan fingerprint density at radius 2 is 1.68 bits per heavy atom. The third-order valence-electron chi connectivity index (χ3n) is 4.96. The molecule has 8 heteroatoms. The normalized spacial score (nSPS) is 16.2. The summed E-state index contributed by atoms with van der Waals surface area (Å²) in [6.45, 7) is 0.865. The predicted octanol–water partition coefficient (Wildman–Crippen LogP) is 3.31. The summed E-state index contributed by atoms with van der Waals surface area (Å²) in [5, 5.41) is 8.33. The van der Waals surface area contributed by atoms with Gasteiger partial charge in [0.2, 0.25) is 21.8 Å². The number of aromatic nitrogens is 2. The van der Waals surface area contributed by atoms with Gasteiger partial charge >= 0.3 is 0 Å². The van der Waals surface area contributed by atoms with Crippen LogP contribution in [0, 0.1) is 0 Å². The van der Waals surface area contributed by atoms with E-state index in [4.69, 9.17) is 9.15 Å². The van der Waals surface area contributed by atoms with E-state index in [1.54, 1.807) is 37.4 Å². The molecule has 4 rings (SSSR count). The monoisotopic (exact) mass is 399 g/mol. The summed E-state index contributed by atoms with van der Waals surface area (Å²) in [6.07, 6.45) is 1.30. The highest BCUT2D eigenvalue weighted by Crippen LogP contribution is 2.31. The molecule has 0 unspecified atom stereocenters. The van der Waals surface area contributed by atoms with Crippen molar-refractivity contribution in [3.8, 4) is 17.2 Å². The summed E-state index contributed by atoms with van der Waals surface area (Å²) in [6, 6.07) is 15.9. The Bertz CT molecular complexity index is 1020. The summed E-state index contributed by atoms with van der Waals surface area (Å²) in [5.74, 6) is 1.83. The van der Waals surface area contributed by atoms with E-state index in [1.165, 1.54) is 4.31 Å². The van der Waals surface area contributed by atoms with Crippen LogP contribution in [0.1, 0.15) is 24.7 Å². The quantitative estimate of drug-likeness (QED) is 0.654. The first-order valence-corrected chi connectivity index (χ1v) is 10.5. The first-order chi connectivity index (χ1) is 13.6. The van der Waals surface area contributed by atoms with Gasteiger partial charge in [0, 0.05) is 24.6 Å². The lowest BCUT2D eigenvalue weighted by atomic mass is 9.98. The van der Waals surface area contributed by atoms with Gasteiger partial charge < -0.3 is 9.15 Å². The SMILES string of the molecule is COc1ccc(-c2nnc(C3CCN(S(=O)(=O)c4ccccc4)CC3)o2)cc1. The molecular formula is C20H21N3O4S. The molecule has 1 saturated heterocycles. The van der Waals surface area contributed by atoms with Gasteiger partial charge in [-0.05, 0) is 49.2 Å². The molecule has 1 fully saturated rings. The van der Waals surface area contributed by atoms with Crippen LogP contribution in [0.15, 0.2) is 63.9 Å². The van der Waals surface area contributed by atoms with E-state index in [0.717, 1.165) is 11.3 Å². The Balaban J connectivity index is 1.44. The lowest BCUT2D eigenvalue weighted by Crippen LogP contribution is -2.37. The Morgan fingerprint density at radius 1 is 1.00 bits per heavy atom. The zero-order valence-electron chi connectivity index (χ0n) is 15.5. The Kier molecular flexibility index (Phi) is 5.15. The van der Waals surface area contributed by atoms with E-state index in [1.807, 2.05) is 24.3 Å². The van der Waals surface area contributed by atoms with E-state index in [9.17, 15) is 8.42 Å². The molecule has 2 aromatic carbocycles. The van der Waals surface area contributed by atoms with Gasteiger partial charge in [0.05, 0.1) is 12.0 Å². The van der Waals surface area contributed by atoms with Crippen molar-refractivity contribution >= 4 is 10.0 Å². The summed E-state index contributed by atoms with van der Waals surface area (Å²) in [5.41, 5.74) is 0.823. The summed E-state index contributed by atoms with van der Waals surface area (Å²) < 4.78 is 38.0. The smallest absolute Gasteiger partial charge is 0.247 e. The number of benzene rings is 2. The Morgan fingerprint density at radius 3 is 2.32 bits per heavy atom. The molecule has 146 valence electrons. The average molecular weight is 399 g/mol. The molecule has 28 heavy (non-hydrogen) atoms. The zero-order valence-corrected chi connectivity index (χ0v) is 16.3. The highest BCUT2D eigenvalue weighted by atomic mass is 32.2. The molecule has 7 nitrogen and oxygen atoms in total. The maximum atomic E-state index is 12.7. The molecule has 0 N–H and O–H groups in total. The second kappa shape index (κ2) is 7.73. The molecule has 1 aliphatic heterocycles. The number of hydrogen-bond donors (Lipinski definition) is 0. The average Bonchev–Trinajstić information content (AvgIpc) is 3.25. The van der Waals surface area contributed by atoms with Gasteiger partial charge in [-0.1, -0.05) is 18.2 Å². The first-order valence-electron chi connectivity index (χ1n) is 9.11. The van der Waals surface area contributed by atoms with Crippen molar-refractivity contribution in [1.82, 2.24) is 14.5 Å². The molecule has 1 aliphatic rings. The zero-order chi connectivity index (χ0) is 19.6. The Labute approximate surface area is 164 Å². The number of ether oxygens (including phenoxy) is 1. The second-order valence-electron chi connectivity index (χ2n) is 6.67. The number of piperidine rings is 1. The molecule has 0 atom stereocenters. The van der Waals surface area contributed by atoms with Crippen molar-refractivity contribution < 1.29 is 17.6 Å². The minimum Gasteiger partial charge on any atom is -0.497 e. The van der Waals surface area contributed by atoms with Crippen LogP contribution in [-0.2, 0) is 10.0 Å². The minimum absolute atomic E-state index is 0.0571. The minimum atomic E-state index is -3.46. The van der Waals surface area contributed by atoms with Crippen LogP contribution in [0.5, 0.6) is 5.75 Å². The highest BCUT2D eigenvalue weighted by molar-refractivity contribution is 7.89. The van der Waals surface area contributed by atoms with Crippen LogP contribution in [0.4, 0.5) is 0 Å². The van der Waals surface area contributed by atoms with Gasteiger partial charge in [-0.3, -0.25) is 0 Å². The molecule has 0 aliphatic carbocycles. The fraction of sp³-hybridized carbons (Fsp3) is 0.300. The van der Waals surface area contributed by atoms with Crippen LogP contribution in [0.3, 0.4) is 0 Å². The number of sulfonamides is 1. The standard InChI is InChI=1S/C20H21N3O4S/c1-26-17-9-7-15(8-10-17)19-21-22-20(27-19)16-11-13-23(14-12-16)28(24,25)18-5-3-2-4-6-18/h2-10,16H,11-14H2,1H3. The van der Waals surface area contributed by atoms with Crippen molar-refractivity contribution in [3.05, 3.63) is 60.5 Å². The molecule has 0 radical (unpaired) electrons. The summed E-state index contributed by atoms with van der Waals surface area (Å²) in [7, 11) is -1.84. The van der Waals surface area contributed by atoms with Crippen LogP contribution in [0.2, 0.25) is 0 Å². The Hall–Kier alpha value is -2.71. The van der Waals surface area contributed by atoms with E-state index < -0.39 is 10.0 Å². The van der Waals surface area contributed by atoms with Crippen LogP contribution < -0.4 is 4.74 Å². The second-order valence-corrected chi connectivity index (χ2v) is 8.60. The van der Waals surface area contributed by atoms with Gasteiger partial charge in [-0.15, -0.1) is 10.2 Å². The maximum absolute atomic E-state index is 12.7.